The third-order valence-corrected chi connectivity index (χ3v) is 5.89. The average molecular weight is 477 g/mol. The Balaban J connectivity index is 1.37. The fourth-order valence-electron chi connectivity index (χ4n) is 3.56. The fourth-order valence-corrected chi connectivity index (χ4v) is 3.86. The molecule has 2 aromatic rings. The van der Waals surface area contributed by atoms with Gasteiger partial charge in [0, 0.05) is 12.3 Å². The molecular weight excluding hydrogens is 459 g/mol. The van der Waals surface area contributed by atoms with Crippen LogP contribution in [-0.4, -0.2) is 54.5 Å². The van der Waals surface area contributed by atoms with Crippen LogP contribution in [0.15, 0.2) is 36.4 Å². The molecule has 1 N–H and O–H groups in total. The summed E-state index contributed by atoms with van der Waals surface area (Å²) in [5.74, 6) is -2.27. The van der Waals surface area contributed by atoms with Gasteiger partial charge in [0.05, 0.1) is 39.4 Å². The van der Waals surface area contributed by atoms with Crippen LogP contribution in [-0.2, 0) is 14.3 Å². The van der Waals surface area contributed by atoms with Crippen molar-refractivity contribution in [3.63, 3.8) is 0 Å². The SMILES string of the molecule is O=C(COC(=O)c1ccc2c(c1)C(=O)N(C[C@H]1CCCO1)C2=O)Nc1ccc(Cl)c(Cl)c1. The van der Waals surface area contributed by atoms with Crippen LogP contribution in [0.1, 0.15) is 43.9 Å². The highest BCUT2D eigenvalue weighted by Gasteiger charge is 2.38. The Kier molecular flexibility index (Phi) is 6.45. The molecule has 0 radical (unpaired) electrons. The Hall–Kier alpha value is -2.94. The van der Waals surface area contributed by atoms with Gasteiger partial charge in [-0.2, -0.15) is 0 Å². The van der Waals surface area contributed by atoms with E-state index < -0.39 is 30.3 Å². The van der Waals surface area contributed by atoms with Gasteiger partial charge in [-0.15, -0.1) is 0 Å². The first-order valence-corrected chi connectivity index (χ1v) is 10.6. The maximum absolute atomic E-state index is 12.7. The standard InChI is InChI=1S/C22H18Cl2N2O6/c23-17-6-4-13(9-18(17)24)25-19(27)11-32-22(30)12-3-5-15-16(8-12)21(29)26(20(15)28)10-14-2-1-7-31-14/h3-6,8-9,14H,1-2,7,10-11H2,(H,25,27)/t14-/m1/s1. The van der Waals surface area contributed by atoms with Crippen LogP contribution >= 0.6 is 23.2 Å². The number of ether oxygens (including phenoxy) is 2. The quantitative estimate of drug-likeness (QED) is 0.504. The van der Waals surface area contributed by atoms with Gasteiger partial charge in [-0.05, 0) is 49.2 Å². The van der Waals surface area contributed by atoms with Crippen molar-refractivity contribution in [1.82, 2.24) is 4.90 Å². The summed E-state index contributed by atoms with van der Waals surface area (Å²) in [6, 6.07) is 8.66. The monoisotopic (exact) mass is 476 g/mol. The summed E-state index contributed by atoms with van der Waals surface area (Å²) in [7, 11) is 0. The zero-order valence-electron chi connectivity index (χ0n) is 16.7. The van der Waals surface area contributed by atoms with Gasteiger partial charge in [-0.3, -0.25) is 19.3 Å². The van der Waals surface area contributed by atoms with E-state index in [0.717, 1.165) is 17.7 Å². The van der Waals surface area contributed by atoms with Crippen LogP contribution in [0.2, 0.25) is 10.0 Å². The Morgan fingerprint density at radius 2 is 1.84 bits per heavy atom. The minimum Gasteiger partial charge on any atom is -0.452 e. The molecular formula is C22H18Cl2N2O6. The summed E-state index contributed by atoms with van der Waals surface area (Å²) in [4.78, 5) is 50.8. The van der Waals surface area contributed by atoms with Crippen molar-refractivity contribution in [2.24, 2.45) is 0 Å². The van der Waals surface area contributed by atoms with E-state index in [-0.39, 0.29) is 34.4 Å². The fraction of sp³-hybridized carbons (Fsp3) is 0.273. The van der Waals surface area contributed by atoms with Crippen LogP contribution < -0.4 is 5.32 Å². The first-order chi connectivity index (χ1) is 15.3. The van der Waals surface area contributed by atoms with Crippen molar-refractivity contribution in [3.05, 3.63) is 63.1 Å². The molecule has 2 heterocycles. The second-order valence-corrected chi connectivity index (χ2v) is 8.18. The molecule has 0 saturated carbocycles. The highest BCUT2D eigenvalue weighted by Crippen LogP contribution is 2.27. The van der Waals surface area contributed by atoms with E-state index in [1.54, 1.807) is 6.07 Å². The number of carbonyl (C=O) groups is 4. The van der Waals surface area contributed by atoms with E-state index in [0.29, 0.717) is 17.3 Å². The third-order valence-electron chi connectivity index (χ3n) is 5.15. The van der Waals surface area contributed by atoms with E-state index in [1.165, 1.54) is 30.3 Å². The lowest BCUT2D eigenvalue weighted by Crippen LogP contribution is -2.36. The average Bonchev–Trinajstić information content (AvgIpc) is 3.37. The number of nitrogens with zero attached hydrogens (tertiary/aromatic N) is 1. The summed E-state index contributed by atoms with van der Waals surface area (Å²) < 4.78 is 10.5. The molecule has 0 unspecified atom stereocenters. The Bertz CT molecular complexity index is 1110. The molecule has 1 atom stereocenters. The summed E-state index contributed by atoms with van der Waals surface area (Å²) in [6.07, 6.45) is 1.51. The minimum absolute atomic E-state index is 0.0613. The van der Waals surface area contributed by atoms with Crippen molar-refractivity contribution in [3.8, 4) is 0 Å². The first-order valence-electron chi connectivity index (χ1n) is 9.87. The molecule has 1 fully saturated rings. The van der Waals surface area contributed by atoms with Crippen molar-refractivity contribution in [1.29, 1.82) is 0 Å². The molecule has 1 saturated heterocycles. The molecule has 10 heteroatoms. The van der Waals surface area contributed by atoms with Gasteiger partial charge in [0.1, 0.15) is 0 Å². The molecule has 0 aromatic heterocycles. The maximum Gasteiger partial charge on any atom is 0.338 e. The van der Waals surface area contributed by atoms with Gasteiger partial charge < -0.3 is 14.8 Å². The number of amides is 3. The number of rotatable bonds is 6. The molecule has 2 aliphatic rings. The molecule has 2 aliphatic heterocycles. The number of hydrogen-bond acceptors (Lipinski definition) is 6. The number of fused-ring (bicyclic) bond motifs is 1. The number of imide groups is 1. The predicted molar refractivity (Wildman–Crippen MR) is 116 cm³/mol. The summed E-state index contributed by atoms with van der Waals surface area (Å²) in [5, 5.41) is 3.15. The maximum atomic E-state index is 12.7. The number of nitrogens with one attached hydrogen (secondary N) is 1. The van der Waals surface area contributed by atoms with E-state index in [2.05, 4.69) is 5.32 Å². The molecule has 8 nitrogen and oxygen atoms in total. The van der Waals surface area contributed by atoms with E-state index in [1.807, 2.05) is 0 Å². The Labute approximate surface area is 193 Å². The van der Waals surface area contributed by atoms with E-state index >= 15 is 0 Å². The van der Waals surface area contributed by atoms with Gasteiger partial charge >= 0.3 is 5.97 Å². The van der Waals surface area contributed by atoms with Gasteiger partial charge in [-0.25, -0.2) is 4.79 Å². The first kappa shape index (κ1) is 22.3. The topological polar surface area (TPSA) is 102 Å². The van der Waals surface area contributed by atoms with Crippen molar-refractivity contribution < 1.29 is 28.7 Å². The lowest BCUT2D eigenvalue weighted by Gasteiger charge is -2.17. The molecule has 0 spiro atoms. The highest BCUT2D eigenvalue weighted by molar-refractivity contribution is 6.42. The number of esters is 1. The van der Waals surface area contributed by atoms with Crippen LogP contribution in [0.5, 0.6) is 0 Å². The van der Waals surface area contributed by atoms with Gasteiger partial charge in [0.15, 0.2) is 6.61 Å². The minimum atomic E-state index is -0.796. The van der Waals surface area contributed by atoms with Crippen LogP contribution in [0.3, 0.4) is 0 Å². The predicted octanol–water partition coefficient (Wildman–Crippen LogP) is 3.56. The molecule has 0 bridgehead atoms. The molecule has 0 aliphatic carbocycles. The lowest BCUT2D eigenvalue weighted by atomic mass is 10.1. The van der Waals surface area contributed by atoms with Crippen LogP contribution in [0.4, 0.5) is 5.69 Å². The van der Waals surface area contributed by atoms with Crippen molar-refractivity contribution in [2.75, 3.05) is 25.1 Å². The Morgan fingerprint density at radius 1 is 1.06 bits per heavy atom. The number of benzene rings is 2. The second-order valence-electron chi connectivity index (χ2n) is 7.37. The summed E-state index contributed by atoms with van der Waals surface area (Å²) in [6.45, 7) is 0.248. The molecule has 3 amide bonds. The van der Waals surface area contributed by atoms with Gasteiger partial charge in [0.2, 0.25) is 0 Å². The summed E-state index contributed by atoms with van der Waals surface area (Å²) in [5.41, 5.74) is 0.809. The van der Waals surface area contributed by atoms with Gasteiger partial charge in [0.25, 0.3) is 17.7 Å². The normalized spacial score (nSPS) is 17.4. The molecule has 32 heavy (non-hydrogen) atoms. The van der Waals surface area contributed by atoms with E-state index in [9.17, 15) is 19.2 Å². The van der Waals surface area contributed by atoms with Crippen LogP contribution in [0, 0.1) is 0 Å². The molecule has 4 rings (SSSR count). The largest absolute Gasteiger partial charge is 0.452 e. The van der Waals surface area contributed by atoms with Crippen molar-refractivity contribution in [2.45, 2.75) is 18.9 Å². The van der Waals surface area contributed by atoms with Crippen LogP contribution in [0.25, 0.3) is 0 Å². The number of carbonyl (C=O) groups excluding carboxylic acids is 4. The molecule has 166 valence electrons. The molecule has 2 aromatic carbocycles. The van der Waals surface area contributed by atoms with Gasteiger partial charge in [-0.1, -0.05) is 23.2 Å². The highest BCUT2D eigenvalue weighted by atomic mass is 35.5. The smallest absolute Gasteiger partial charge is 0.338 e. The second kappa shape index (κ2) is 9.28. The van der Waals surface area contributed by atoms with E-state index in [4.69, 9.17) is 32.7 Å². The summed E-state index contributed by atoms with van der Waals surface area (Å²) >= 11 is 11.7. The number of anilines is 1. The third kappa shape index (κ3) is 4.62. The lowest BCUT2D eigenvalue weighted by molar-refractivity contribution is -0.119. The zero-order valence-corrected chi connectivity index (χ0v) is 18.2. The Morgan fingerprint density at radius 3 is 2.56 bits per heavy atom. The zero-order chi connectivity index (χ0) is 22.8. The number of hydrogen-bond donors (Lipinski definition) is 1. The number of halogens is 2. The van der Waals surface area contributed by atoms with Crippen molar-refractivity contribution >= 4 is 52.6 Å².